The molecule has 1 aromatic rings. The lowest BCUT2D eigenvalue weighted by atomic mass is 10.0. The van der Waals surface area contributed by atoms with Gasteiger partial charge in [0.1, 0.15) is 5.75 Å². The van der Waals surface area contributed by atoms with Crippen molar-refractivity contribution in [2.75, 3.05) is 6.54 Å². The molecule has 0 spiro atoms. The highest BCUT2D eigenvalue weighted by Crippen LogP contribution is 2.15. The first-order valence-corrected chi connectivity index (χ1v) is 7.11. The highest BCUT2D eigenvalue weighted by molar-refractivity contribution is 5.94. The van der Waals surface area contributed by atoms with Gasteiger partial charge in [0.15, 0.2) is 0 Å². The van der Waals surface area contributed by atoms with Crippen LogP contribution < -0.4 is 10.1 Å². The second-order valence-electron chi connectivity index (χ2n) is 5.62. The Hall–Kier alpha value is -1.55. The van der Waals surface area contributed by atoms with Crippen LogP contribution in [0.3, 0.4) is 0 Å². The number of carbonyl (C=O) groups excluding carboxylic acids is 1. The molecule has 2 N–H and O–H groups in total. The third-order valence-electron chi connectivity index (χ3n) is 2.89. The van der Waals surface area contributed by atoms with Crippen LogP contribution >= 0.6 is 0 Å². The molecule has 0 fully saturated rings. The van der Waals surface area contributed by atoms with Crippen molar-refractivity contribution < 1.29 is 14.6 Å². The van der Waals surface area contributed by atoms with Crippen LogP contribution in [0.15, 0.2) is 24.3 Å². The molecule has 1 unspecified atom stereocenters. The van der Waals surface area contributed by atoms with Gasteiger partial charge in [0.25, 0.3) is 5.91 Å². The van der Waals surface area contributed by atoms with Gasteiger partial charge >= 0.3 is 0 Å². The van der Waals surface area contributed by atoms with E-state index in [0.29, 0.717) is 17.7 Å². The van der Waals surface area contributed by atoms with Gasteiger partial charge in [-0.25, -0.2) is 0 Å². The normalized spacial score (nSPS) is 13.9. The van der Waals surface area contributed by atoms with Crippen LogP contribution in [0.5, 0.6) is 5.75 Å². The fraction of sp³-hybridized carbons (Fsp3) is 0.562. The minimum atomic E-state index is -0.865. The molecule has 0 radical (unpaired) electrons. The second kappa shape index (κ2) is 7.29. The summed E-state index contributed by atoms with van der Waals surface area (Å²) in [6.45, 7) is 7.86. The van der Waals surface area contributed by atoms with E-state index in [1.54, 1.807) is 25.1 Å². The van der Waals surface area contributed by atoms with E-state index >= 15 is 0 Å². The fourth-order valence-corrected chi connectivity index (χ4v) is 1.98. The van der Waals surface area contributed by atoms with Crippen molar-refractivity contribution in [3.63, 3.8) is 0 Å². The predicted molar refractivity (Wildman–Crippen MR) is 80.1 cm³/mol. The summed E-state index contributed by atoms with van der Waals surface area (Å²) in [6.07, 6.45) is 1.60. The van der Waals surface area contributed by atoms with Crippen LogP contribution in [-0.2, 0) is 0 Å². The van der Waals surface area contributed by atoms with Crippen LogP contribution in [0.2, 0.25) is 0 Å². The molecule has 1 amide bonds. The summed E-state index contributed by atoms with van der Waals surface area (Å²) in [4.78, 5) is 12.1. The third kappa shape index (κ3) is 5.61. The van der Waals surface area contributed by atoms with E-state index in [1.165, 1.54) is 0 Å². The zero-order valence-electron chi connectivity index (χ0n) is 12.8. The number of carbonyl (C=O) groups is 1. The third-order valence-corrected chi connectivity index (χ3v) is 2.89. The Labute approximate surface area is 121 Å². The minimum Gasteiger partial charge on any atom is -0.491 e. The Morgan fingerprint density at radius 1 is 1.45 bits per heavy atom. The number of benzene rings is 1. The Kier molecular flexibility index (Phi) is 6.02. The van der Waals surface area contributed by atoms with E-state index in [9.17, 15) is 9.90 Å². The van der Waals surface area contributed by atoms with Gasteiger partial charge in [-0.05, 0) is 45.4 Å². The molecule has 112 valence electrons. The van der Waals surface area contributed by atoms with Crippen LogP contribution in [0.1, 0.15) is 50.9 Å². The van der Waals surface area contributed by atoms with Gasteiger partial charge in [-0.1, -0.05) is 19.4 Å². The maximum absolute atomic E-state index is 12.1. The topological polar surface area (TPSA) is 58.6 Å². The molecule has 20 heavy (non-hydrogen) atoms. The van der Waals surface area contributed by atoms with E-state index in [1.807, 2.05) is 26.8 Å². The van der Waals surface area contributed by atoms with E-state index < -0.39 is 5.60 Å². The smallest absolute Gasteiger partial charge is 0.251 e. The van der Waals surface area contributed by atoms with Gasteiger partial charge in [0.2, 0.25) is 0 Å². The van der Waals surface area contributed by atoms with Gasteiger partial charge in [-0.2, -0.15) is 0 Å². The molecule has 0 aromatic heterocycles. The number of nitrogens with one attached hydrogen (secondary N) is 1. The van der Waals surface area contributed by atoms with Crippen molar-refractivity contribution in [2.45, 2.75) is 52.2 Å². The summed E-state index contributed by atoms with van der Waals surface area (Å²) in [6, 6.07) is 7.06. The summed E-state index contributed by atoms with van der Waals surface area (Å²) in [5.41, 5.74) is -0.327. The molecule has 0 aliphatic heterocycles. The van der Waals surface area contributed by atoms with Crippen LogP contribution in [0.25, 0.3) is 0 Å². The number of ether oxygens (including phenoxy) is 1. The molecule has 1 atom stereocenters. The van der Waals surface area contributed by atoms with E-state index in [-0.39, 0.29) is 18.6 Å². The van der Waals surface area contributed by atoms with Gasteiger partial charge in [0.05, 0.1) is 11.7 Å². The van der Waals surface area contributed by atoms with Crippen molar-refractivity contribution in [2.24, 2.45) is 0 Å². The first kappa shape index (κ1) is 16.5. The molecule has 0 heterocycles. The first-order chi connectivity index (χ1) is 9.34. The lowest BCUT2D eigenvalue weighted by Crippen LogP contribution is -2.40. The lowest BCUT2D eigenvalue weighted by molar-refractivity contribution is 0.0469. The lowest BCUT2D eigenvalue weighted by Gasteiger charge is -2.23. The first-order valence-electron chi connectivity index (χ1n) is 7.11. The SMILES string of the molecule is CCCC(C)(O)CNC(=O)c1cccc(OC(C)C)c1. The Bertz CT molecular complexity index is 441. The molecule has 4 nitrogen and oxygen atoms in total. The zero-order valence-corrected chi connectivity index (χ0v) is 12.8. The number of hydrogen-bond acceptors (Lipinski definition) is 3. The Balaban J connectivity index is 2.63. The van der Waals surface area contributed by atoms with Crippen molar-refractivity contribution >= 4 is 5.91 Å². The van der Waals surface area contributed by atoms with Crippen molar-refractivity contribution in [1.29, 1.82) is 0 Å². The molecule has 4 heteroatoms. The number of aliphatic hydroxyl groups is 1. The maximum atomic E-state index is 12.1. The summed E-state index contributed by atoms with van der Waals surface area (Å²) in [5.74, 6) is 0.476. The number of hydrogen-bond donors (Lipinski definition) is 2. The Morgan fingerprint density at radius 2 is 2.15 bits per heavy atom. The molecule has 0 saturated heterocycles. The molecular formula is C16H25NO3. The van der Waals surface area contributed by atoms with Crippen LogP contribution in [-0.4, -0.2) is 29.3 Å². The fourth-order valence-electron chi connectivity index (χ4n) is 1.98. The van der Waals surface area contributed by atoms with Gasteiger partial charge in [0, 0.05) is 12.1 Å². The average Bonchev–Trinajstić information content (AvgIpc) is 2.35. The van der Waals surface area contributed by atoms with E-state index in [2.05, 4.69) is 5.32 Å². The maximum Gasteiger partial charge on any atom is 0.251 e. The quantitative estimate of drug-likeness (QED) is 0.807. The summed E-state index contributed by atoms with van der Waals surface area (Å²) in [7, 11) is 0. The second-order valence-corrected chi connectivity index (χ2v) is 5.62. The predicted octanol–water partition coefficient (Wildman–Crippen LogP) is 2.75. The van der Waals surface area contributed by atoms with E-state index in [0.717, 1.165) is 6.42 Å². The van der Waals surface area contributed by atoms with Crippen molar-refractivity contribution in [3.05, 3.63) is 29.8 Å². The highest BCUT2D eigenvalue weighted by Gasteiger charge is 2.20. The average molecular weight is 279 g/mol. The minimum absolute atomic E-state index is 0.0681. The molecular weight excluding hydrogens is 254 g/mol. The highest BCUT2D eigenvalue weighted by atomic mass is 16.5. The van der Waals surface area contributed by atoms with Crippen LogP contribution in [0, 0.1) is 0 Å². The number of rotatable bonds is 7. The largest absolute Gasteiger partial charge is 0.491 e. The van der Waals surface area contributed by atoms with Gasteiger partial charge in [-0.15, -0.1) is 0 Å². The van der Waals surface area contributed by atoms with Gasteiger partial charge in [-0.3, -0.25) is 4.79 Å². The van der Waals surface area contributed by atoms with Gasteiger partial charge < -0.3 is 15.2 Å². The molecule has 0 bridgehead atoms. The van der Waals surface area contributed by atoms with Crippen LogP contribution in [0.4, 0.5) is 0 Å². The molecule has 1 aromatic carbocycles. The summed E-state index contributed by atoms with van der Waals surface area (Å²) in [5, 5.41) is 12.8. The summed E-state index contributed by atoms with van der Waals surface area (Å²) < 4.78 is 5.56. The molecule has 1 rings (SSSR count). The standard InChI is InChI=1S/C16H25NO3/c1-5-9-16(4,19)11-17-15(18)13-7-6-8-14(10-13)20-12(2)3/h6-8,10,12,19H,5,9,11H2,1-4H3,(H,17,18). The van der Waals surface area contributed by atoms with Crippen molar-refractivity contribution in [1.82, 2.24) is 5.32 Å². The number of amides is 1. The zero-order chi connectivity index (χ0) is 15.2. The summed E-state index contributed by atoms with van der Waals surface area (Å²) >= 11 is 0. The molecule has 0 aliphatic rings. The van der Waals surface area contributed by atoms with E-state index in [4.69, 9.17) is 4.74 Å². The molecule has 0 saturated carbocycles. The van der Waals surface area contributed by atoms with Crippen molar-refractivity contribution in [3.8, 4) is 5.75 Å². The monoisotopic (exact) mass is 279 g/mol. The molecule has 0 aliphatic carbocycles. The Morgan fingerprint density at radius 3 is 2.75 bits per heavy atom.